The predicted octanol–water partition coefficient (Wildman–Crippen LogP) is 2.59. The first-order valence-electron chi connectivity index (χ1n) is 5.73. The highest BCUT2D eigenvalue weighted by Gasteiger charge is 2.07. The molecule has 0 saturated heterocycles. The van der Waals surface area contributed by atoms with Crippen molar-refractivity contribution in [2.45, 2.75) is 46.1 Å². The topological polar surface area (TPSA) is 33.1 Å². The molecule has 0 radical (unpaired) electrons. The molecule has 0 saturated carbocycles. The van der Waals surface area contributed by atoms with Crippen LogP contribution < -0.4 is 0 Å². The maximum Gasteiger partial charge on any atom is 0.0514 e. The molecule has 1 aromatic heterocycles. The molecule has 1 rings (SSSR count). The van der Waals surface area contributed by atoms with Gasteiger partial charge in [0.15, 0.2) is 0 Å². The van der Waals surface area contributed by atoms with Crippen molar-refractivity contribution in [1.29, 1.82) is 0 Å². The zero-order chi connectivity index (χ0) is 11.3. The third-order valence-corrected chi connectivity index (χ3v) is 2.60. The first-order chi connectivity index (χ1) is 7.11. The molecule has 0 spiro atoms. The number of aryl methyl sites for hydroxylation is 1. The van der Waals surface area contributed by atoms with Crippen molar-refractivity contribution in [2.24, 2.45) is 5.92 Å². The first kappa shape index (κ1) is 12.2. The van der Waals surface area contributed by atoms with Crippen LogP contribution in [0.4, 0.5) is 0 Å². The summed E-state index contributed by atoms with van der Waals surface area (Å²) in [5.41, 5.74) is 2.40. The van der Waals surface area contributed by atoms with Gasteiger partial charge in [-0.2, -0.15) is 0 Å². The van der Waals surface area contributed by atoms with E-state index in [-0.39, 0.29) is 6.10 Å². The number of hydrogen-bond donors (Lipinski definition) is 1. The van der Waals surface area contributed by atoms with Crippen LogP contribution in [0.3, 0.4) is 0 Å². The Kier molecular flexibility index (Phi) is 4.76. The summed E-state index contributed by atoms with van der Waals surface area (Å²) in [6, 6.07) is 4.23. The minimum Gasteiger partial charge on any atom is -0.393 e. The summed E-state index contributed by atoms with van der Waals surface area (Å²) in [5.74, 6) is 0.491. The van der Waals surface area contributed by atoms with Crippen molar-refractivity contribution in [1.82, 2.24) is 4.98 Å². The Bertz CT molecular complexity index is 279. The molecule has 2 nitrogen and oxygen atoms in total. The Balaban J connectivity index is 2.49. The van der Waals surface area contributed by atoms with Crippen LogP contribution in [-0.4, -0.2) is 16.2 Å². The Morgan fingerprint density at radius 3 is 2.53 bits per heavy atom. The monoisotopic (exact) mass is 207 g/mol. The minimum absolute atomic E-state index is 0.213. The van der Waals surface area contributed by atoms with Crippen LogP contribution in [0, 0.1) is 5.92 Å². The number of hydrogen-bond acceptors (Lipinski definition) is 2. The third-order valence-electron chi connectivity index (χ3n) is 2.60. The van der Waals surface area contributed by atoms with Crippen molar-refractivity contribution >= 4 is 0 Å². The van der Waals surface area contributed by atoms with Crippen molar-refractivity contribution in [3.8, 4) is 0 Å². The van der Waals surface area contributed by atoms with E-state index in [1.165, 1.54) is 5.56 Å². The Morgan fingerprint density at radius 2 is 2.07 bits per heavy atom. The molecule has 0 fully saturated rings. The molecule has 84 valence electrons. The quantitative estimate of drug-likeness (QED) is 0.805. The molecule has 1 heterocycles. The standard InChI is InChI=1S/C13H21NO/c1-4-12-5-6-13(14-9-12)8-10(2)7-11(3)15/h5-6,9-11,15H,4,7-8H2,1-3H3. The van der Waals surface area contributed by atoms with Gasteiger partial charge in [0.25, 0.3) is 0 Å². The van der Waals surface area contributed by atoms with Gasteiger partial charge < -0.3 is 5.11 Å². The molecule has 0 aliphatic rings. The van der Waals surface area contributed by atoms with E-state index in [2.05, 4.69) is 31.0 Å². The van der Waals surface area contributed by atoms with E-state index in [0.717, 1.165) is 25.0 Å². The summed E-state index contributed by atoms with van der Waals surface area (Å²) in [6.45, 7) is 6.12. The molecule has 0 aliphatic heterocycles. The van der Waals surface area contributed by atoms with E-state index < -0.39 is 0 Å². The molecule has 0 aromatic carbocycles. The van der Waals surface area contributed by atoms with Crippen molar-refractivity contribution in [3.05, 3.63) is 29.6 Å². The highest BCUT2D eigenvalue weighted by molar-refractivity contribution is 5.14. The van der Waals surface area contributed by atoms with E-state index in [1.807, 2.05) is 13.1 Å². The van der Waals surface area contributed by atoms with Crippen LogP contribution in [0.1, 0.15) is 38.4 Å². The summed E-state index contributed by atoms with van der Waals surface area (Å²) in [6.07, 6.45) is 4.57. The fraction of sp³-hybridized carbons (Fsp3) is 0.615. The SMILES string of the molecule is CCc1ccc(CC(C)CC(C)O)nc1. The maximum absolute atomic E-state index is 9.26. The lowest BCUT2D eigenvalue weighted by molar-refractivity contribution is 0.164. The van der Waals surface area contributed by atoms with E-state index in [9.17, 15) is 5.11 Å². The van der Waals surface area contributed by atoms with Gasteiger partial charge in [0.2, 0.25) is 0 Å². The van der Waals surface area contributed by atoms with Crippen molar-refractivity contribution in [3.63, 3.8) is 0 Å². The fourth-order valence-electron chi connectivity index (χ4n) is 1.81. The number of pyridine rings is 1. The van der Waals surface area contributed by atoms with Gasteiger partial charge in [-0.05, 0) is 43.7 Å². The minimum atomic E-state index is -0.213. The largest absolute Gasteiger partial charge is 0.393 e. The normalized spacial score (nSPS) is 14.9. The zero-order valence-electron chi connectivity index (χ0n) is 9.90. The molecular formula is C13H21NO. The lowest BCUT2D eigenvalue weighted by atomic mass is 9.98. The molecule has 2 heteroatoms. The molecule has 1 aromatic rings. The van der Waals surface area contributed by atoms with Gasteiger partial charge in [-0.3, -0.25) is 4.98 Å². The molecule has 1 N–H and O–H groups in total. The second-order valence-electron chi connectivity index (χ2n) is 4.41. The Labute approximate surface area is 92.4 Å². The summed E-state index contributed by atoms with van der Waals surface area (Å²) in [4.78, 5) is 4.42. The lowest BCUT2D eigenvalue weighted by Gasteiger charge is -2.12. The summed E-state index contributed by atoms with van der Waals surface area (Å²) in [5, 5.41) is 9.26. The van der Waals surface area contributed by atoms with Crippen LogP contribution in [0.2, 0.25) is 0 Å². The average molecular weight is 207 g/mol. The first-order valence-corrected chi connectivity index (χ1v) is 5.73. The van der Waals surface area contributed by atoms with Crippen LogP contribution in [-0.2, 0) is 12.8 Å². The van der Waals surface area contributed by atoms with Gasteiger partial charge in [0, 0.05) is 11.9 Å². The third kappa shape index (κ3) is 4.43. The maximum atomic E-state index is 9.26. The van der Waals surface area contributed by atoms with E-state index in [0.29, 0.717) is 5.92 Å². The molecular weight excluding hydrogens is 186 g/mol. The van der Waals surface area contributed by atoms with Crippen LogP contribution >= 0.6 is 0 Å². The van der Waals surface area contributed by atoms with Crippen molar-refractivity contribution < 1.29 is 5.11 Å². The van der Waals surface area contributed by atoms with Crippen LogP contribution in [0.5, 0.6) is 0 Å². The van der Waals surface area contributed by atoms with Crippen LogP contribution in [0.15, 0.2) is 18.3 Å². The van der Waals surface area contributed by atoms with Gasteiger partial charge in [0.1, 0.15) is 0 Å². The number of aliphatic hydroxyl groups excluding tert-OH is 1. The second-order valence-corrected chi connectivity index (χ2v) is 4.41. The molecule has 0 amide bonds. The molecule has 2 atom stereocenters. The van der Waals surface area contributed by atoms with Crippen molar-refractivity contribution in [2.75, 3.05) is 0 Å². The summed E-state index contributed by atoms with van der Waals surface area (Å²) >= 11 is 0. The predicted molar refractivity (Wildman–Crippen MR) is 62.8 cm³/mol. The Hall–Kier alpha value is -0.890. The van der Waals surface area contributed by atoms with E-state index >= 15 is 0 Å². The molecule has 0 bridgehead atoms. The zero-order valence-corrected chi connectivity index (χ0v) is 9.90. The number of aromatic nitrogens is 1. The average Bonchev–Trinajstić information content (AvgIpc) is 2.17. The van der Waals surface area contributed by atoms with E-state index in [4.69, 9.17) is 0 Å². The van der Waals surface area contributed by atoms with Gasteiger partial charge in [-0.1, -0.05) is 19.9 Å². The fourth-order valence-corrected chi connectivity index (χ4v) is 1.81. The molecule has 0 aliphatic carbocycles. The molecule has 15 heavy (non-hydrogen) atoms. The Morgan fingerprint density at radius 1 is 1.33 bits per heavy atom. The van der Waals surface area contributed by atoms with Crippen LogP contribution in [0.25, 0.3) is 0 Å². The smallest absolute Gasteiger partial charge is 0.0514 e. The number of rotatable bonds is 5. The molecule has 2 unspecified atom stereocenters. The second kappa shape index (κ2) is 5.86. The lowest BCUT2D eigenvalue weighted by Crippen LogP contribution is -2.10. The van der Waals surface area contributed by atoms with Gasteiger partial charge in [0.05, 0.1) is 6.10 Å². The van der Waals surface area contributed by atoms with E-state index in [1.54, 1.807) is 0 Å². The van der Waals surface area contributed by atoms with Gasteiger partial charge in [-0.25, -0.2) is 0 Å². The summed E-state index contributed by atoms with van der Waals surface area (Å²) in [7, 11) is 0. The highest BCUT2D eigenvalue weighted by Crippen LogP contribution is 2.12. The van der Waals surface area contributed by atoms with Gasteiger partial charge in [-0.15, -0.1) is 0 Å². The summed E-state index contributed by atoms with van der Waals surface area (Å²) < 4.78 is 0. The number of nitrogens with zero attached hydrogens (tertiary/aromatic N) is 1. The number of aliphatic hydroxyl groups is 1. The van der Waals surface area contributed by atoms with Gasteiger partial charge >= 0.3 is 0 Å². The highest BCUT2D eigenvalue weighted by atomic mass is 16.3.